The van der Waals surface area contributed by atoms with Crippen molar-refractivity contribution in [2.24, 2.45) is 10.3 Å². The fraction of sp³-hybridized carbons (Fsp3) is 0.212. The van der Waals surface area contributed by atoms with Crippen molar-refractivity contribution in [3.05, 3.63) is 135 Å². The van der Waals surface area contributed by atoms with Crippen molar-refractivity contribution in [3.63, 3.8) is 0 Å². The first-order chi connectivity index (χ1) is 26.5. The molecule has 4 aromatic carbocycles. The van der Waals surface area contributed by atoms with Crippen LogP contribution in [0.5, 0.6) is 11.5 Å². The third-order valence-corrected chi connectivity index (χ3v) is 9.11. The number of nitrogens with zero attached hydrogens (tertiary/aromatic N) is 4. The summed E-state index contributed by atoms with van der Waals surface area (Å²) in [6.07, 6.45) is -11.4. The number of rotatable bonds is 8. The predicted octanol–water partition coefficient (Wildman–Crippen LogP) is 11.3. The summed E-state index contributed by atoms with van der Waals surface area (Å²) in [6, 6.07) is 12.5. The Hall–Kier alpha value is -5.18. The van der Waals surface area contributed by atoms with Crippen molar-refractivity contribution in [2.75, 3.05) is 0 Å². The SMILES string of the molecule is O=[N+]([O-])c1ccc(C2=NOC(c3cc(Cl)cc(Cl)c3)(C(F)(F)F)C2)cc1O.O=[N+]([O-])c1ccc(C2=NOC(c3cc(Cl)cc(Cl)c3)(C(F)(F)F)C2)cc1OC(F)F. The molecule has 0 fully saturated rings. The molecule has 2 unspecified atom stereocenters. The van der Waals surface area contributed by atoms with Gasteiger partial charge in [-0.25, -0.2) is 0 Å². The first kappa shape index (κ1) is 43.0. The Morgan fingerprint density at radius 1 is 0.667 bits per heavy atom. The van der Waals surface area contributed by atoms with E-state index in [9.17, 15) is 60.5 Å². The number of oxime groups is 2. The van der Waals surface area contributed by atoms with Gasteiger partial charge in [-0.05, 0) is 60.7 Å². The summed E-state index contributed by atoms with van der Waals surface area (Å²) in [5.74, 6) is -1.53. The molecule has 57 heavy (non-hydrogen) atoms. The lowest BCUT2D eigenvalue weighted by Crippen LogP contribution is -2.42. The Labute approximate surface area is 333 Å². The first-order valence-corrected chi connectivity index (χ1v) is 16.8. The number of hydrogen-bond acceptors (Lipinski definition) is 10. The number of phenols is 1. The average molecular weight is 892 g/mol. The molecule has 0 bridgehead atoms. The highest BCUT2D eigenvalue weighted by Gasteiger charge is 2.63. The van der Waals surface area contributed by atoms with Gasteiger partial charge >= 0.3 is 30.3 Å². The van der Waals surface area contributed by atoms with Crippen molar-refractivity contribution >= 4 is 69.2 Å². The lowest BCUT2D eigenvalue weighted by Gasteiger charge is -2.29. The minimum absolute atomic E-state index is 0.00819. The highest BCUT2D eigenvalue weighted by molar-refractivity contribution is 6.35. The van der Waals surface area contributed by atoms with Crippen LogP contribution >= 0.6 is 46.4 Å². The number of nitro groups is 2. The number of nitro benzene ring substituents is 2. The van der Waals surface area contributed by atoms with E-state index in [-0.39, 0.29) is 48.2 Å². The van der Waals surface area contributed by atoms with Gasteiger partial charge < -0.3 is 19.5 Å². The number of ether oxygens (including phenoxy) is 1. The fourth-order valence-electron chi connectivity index (χ4n) is 5.58. The van der Waals surface area contributed by atoms with Gasteiger partial charge in [0, 0.05) is 67.3 Å². The lowest BCUT2D eigenvalue weighted by molar-refractivity contribution is -0.386. The Bertz CT molecular complexity index is 2270. The van der Waals surface area contributed by atoms with E-state index in [0.717, 1.165) is 54.6 Å². The van der Waals surface area contributed by atoms with Crippen LogP contribution in [0, 0.1) is 20.2 Å². The number of aromatic hydroxyl groups is 1. The molecule has 2 heterocycles. The maximum absolute atomic E-state index is 14.0. The monoisotopic (exact) mass is 890 g/mol. The Morgan fingerprint density at radius 2 is 1.05 bits per heavy atom. The van der Waals surface area contributed by atoms with Gasteiger partial charge in [-0.15, -0.1) is 0 Å². The lowest BCUT2D eigenvalue weighted by atomic mass is 9.86. The summed E-state index contributed by atoms with van der Waals surface area (Å²) < 4.78 is 113. The van der Waals surface area contributed by atoms with Crippen LogP contribution in [0.2, 0.25) is 20.1 Å². The van der Waals surface area contributed by atoms with Crippen LogP contribution in [0.4, 0.5) is 46.5 Å². The molecular formula is C33H18Cl4F8N4O8. The molecule has 2 atom stereocenters. The van der Waals surface area contributed by atoms with Crippen molar-refractivity contribution in [1.82, 2.24) is 0 Å². The quantitative estimate of drug-likeness (QED) is 0.104. The zero-order valence-corrected chi connectivity index (χ0v) is 30.6. The summed E-state index contributed by atoms with van der Waals surface area (Å²) in [4.78, 5) is 29.5. The molecule has 2 aliphatic heterocycles. The van der Waals surface area contributed by atoms with E-state index in [1.807, 2.05) is 0 Å². The second kappa shape index (κ2) is 16.0. The normalized spacial score (nSPS) is 19.2. The minimum atomic E-state index is -4.96. The van der Waals surface area contributed by atoms with E-state index in [0.29, 0.717) is 0 Å². The van der Waals surface area contributed by atoms with Crippen LogP contribution in [0.1, 0.15) is 35.1 Å². The number of halogens is 12. The van der Waals surface area contributed by atoms with E-state index in [4.69, 9.17) is 56.1 Å². The second-order valence-corrected chi connectivity index (χ2v) is 13.6. The third kappa shape index (κ3) is 8.88. The van der Waals surface area contributed by atoms with Gasteiger partial charge in [-0.3, -0.25) is 20.2 Å². The van der Waals surface area contributed by atoms with Crippen LogP contribution in [0.25, 0.3) is 0 Å². The molecule has 0 spiro atoms. The highest BCUT2D eigenvalue weighted by Crippen LogP contribution is 2.51. The predicted molar refractivity (Wildman–Crippen MR) is 187 cm³/mol. The van der Waals surface area contributed by atoms with E-state index in [1.54, 1.807) is 0 Å². The van der Waals surface area contributed by atoms with Crippen molar-refractivity contribution in [1.29, 1.82) is 0 Å². The van der Waals surface area contributed by atoms with Crippen molar-refractivity contribution < 1.29 is 64.5 Å². The van der Waals surface area contributed by atoms with Gasteiger partial charge in [-0.1, -0.05) is 56.7 Å². The second-order valence-electron chi connectivity index (χ2n) is 11.9. The molecule has 24 heteroatoms. The van der Waals surface area contributed by atoms with Gasteiger partial charge in [0.2, 0.25) is 5.75 Å². The van der Waals surface area contributed by atoms with Crippen molar-refractivity contribution in [3.8, 4) is 11.5 Å². The Kier molecular flexibility index (Phi) is 12.0. The highest BCUT2D eigenvalue weighted by atomic mass is 35.5. The molecule has 0 radical (unpaired) electrons. The van der Waals surface area contributed by atoms with E-state index < -0.39 is 81.3 Å². The Morgan fingerprint density at radius 3 is 1.40 bits per heavy atom. The number of alkyl halides is 8. The third-order valence-electron chi connectivity index (χ3n) is 8.24. The number of hydrogen-bond donors (Lipinski definition) is 1. The summed E-state index contributed by atoms with van der Waals surface area (Å²) in [5.41, 5.74) is -8.41. The molecule has 0 saturated heterocycles. The van der Waals surface area contributed by atoms with Gasteiger partial charge in [0.05, 0.1) is 21.3 Å². The summed E-state index contributed by atoms with van der Waals surface area (Å²) in [5, 5.41) is 38.2. The minimum Gasteiger partial charge on any atom is -0.502 e. The molecule has 302 valence electrons. The van der Waals surface area contributed by atoms with Crippen LogP contribution in [-0.2, 0) is 20.9 Å². The van der Waals surface area contributed by atoms with Crippen molar-refractivity contribution in [2.45, 2.75) is 43.0 Å². The average Bonchev–Trinajstić information content (AvgIpc) is 3.75. The van der Waals surface area contributed by atoms with Gasteiger partial charge in [-0.2, -0.15) is 35.1 Å². The van der Waals surface area contributed by atoms with Crippen LogP contribution in [0.15, 0.2) is 83.1 Å². The maximum Gasteiger partial charge on any atom is 0.435 e. The zero-order valence-electron chi connectivity index (χ0n) is 27.5. The zero-order chi connectivity index (χ0) is 42.2. The fourth-order valence-corrected chi connectivity index (χ4v) is 6.64. The van der Waals surface area contributed by atoms with Crippen LogP contribution in [-0.4, -0.2) is 45.3 Å². The summed E-state index contributed by atoms with van der Waals surface area (Å²) in [7, 11) is 0. The first-order valence-electron chi connectivity index (χ1n) is 15.2. The largest absolute Gasteiger partial charge is 0.502 e. The van der Waals surface area contributed by atoms with E-state index in [2.05, 4.69) is 15.0 Å². The molecular weight excluding hydrogens is 874 g/mol. The van der Waals surface area contributed by atoms with Gasteiger partial charge in [0.25, 0.3) is 11.2 Å². The topological polar surface area (TPSA) is 159 Å². The smallest absolute Gasteiger partial charge is 0.435 e. The summed E-state index contributed by atoms with van der Waals surface area (Å²) in [6.45, 7) is -3.39. The molecule has 6 rings (SSSR count). The molecule has 0 aromatic heterocycles. The molecule has 4 aromatic rings. The van der Waals surface area contributed by atoms with E-state index >= 15 is 0 Å². The van der Waals surface area contributed by atoms with Gasteiger partial charge in [0.1, 0.15) is 0 Å². The van der Waals surface area contributed by atoms with E-state index in [1.165, 1.54) is 18.2 Å². The number of phenolic OH excluding ortho intramolecular Hbond substituents is 1. The summed E-state index contributed by atoms with van der Waals surface area (Å²) >= 11 is 23.3. The van der Waals surface area contributed by atoms with Crippen LogP contribution < -0.4 is 4.74 Å². The van der Waals surface area contributed by atoms with Gasteiger partial charge in [0.15, 0.2) is 5.75 Å². The Balaban J connectivity index is 0.000000219. The van der Waals surface area contributed by atoms with Crippen LogP contribution in [0.3, 0.4) is 0 Å². The molecule has 0 aliphatic carbocycles. The molecule has 0 saturated carbocycles. The maximum atomic E-state index is 14.0. The standard InChI is InChI=1S/C17H9Cl2F5N2O4.C16H9Cl2F3N2O4/c18-10-4-9(5-11(19)6-10)16(17(22,23)24)7-12(25-30-16)8-1-2-13(26(27)28)14(3-8)29-15(20)21;17-10-4-9(5-11(18)6-10)15(16(19,20)21)7-12(22-27-15)8-1-2-13(23(25)26)14(24)3-8/h1-6,15H,7H2;1-6,24H,7H2. The molecule has 0 amide bonds. The number of benzene rings is 4. The molecule has 12 nitrogen and oxygen atoms in total. The molecule has 2 aliphatic rings. The molecule has 1 N–H and O–H groups in total.